The van der Waals surface area contributed by atoms with E-state index in [2.05, 4.69) is 21.2 Å². The van der Waals surface area contributed by atoms with Crippen LogP contribution in [0.3, 0.4) is 0 Å². The molecule has 0 aliphatic carbocycles. The van der Waals surface area contributed by atoms with Gasteiger partial charge in [0.05, 0.1) is 12.0 Å². The second kappa shape index (κ2) is 9.07. The van der Waals surface area contributed by atoms with Gasteiger partial charge < -0.3 is 10.1 Å². The van der Waals surface area contributed by atoms with Crippen LogP contribution >= 0.6 is 15.9 Å². The van der Waals surface area contributed by atoms with Gasteiger partial charge in [-0.3, -0.25) is 4.79 Å². The molecule has 0 aromatic heterocycles. The number of hydrogen-bond acceptors (Lipinski definition) is 4. The van der Waals surface area contributed by atoms with Crippen molar-refractivity contribution < 1.29 is 17.9 Å². The van der Waals surface area contributed by atoms with Crippen molar-refractivity contribution in [2.45, 2.75) is 24.3 Å². The van der Waals surface area contributed by atoms with E-state index in [0.717, 1.165) is 15.8 Å². The van der Waals surface area contributed by atoms with E-state index < -0.39 is 10.0 Å². The first-order chi connectivity index (χ1) is 13.4. The molecule has 28 heavy (non-hydrogen) atoms. The van der Waals surface area contributed by atoms with Crippen LogP contribution in [0.2, 0.25) is 0 Å². The monoisotopic (exact) mass is 466 g/mol. The maximum atomic E-state index is 12.7. The molecule has 1 fully saturated rings. The third-order valence-electron chi connectivity index (χ3n) is 4.90. The first-order valence-corrected chi connectivity index (χ1v) is 11.3. The molecular formula is C20H23BrN2O4S. The number of nitrogens with zero attached hydrogens (tertiary/aromatic N) is 1. The molecule has 0 spiro atoms. The smallest absolute Gasteiger partial charge is 0.243 e. The van der Waals surface area contributed by atoms with Gasteiger partial charge in [-0.2, -0.15) is 4.31 Å². The highest BCUT2D eigenvalue weighted by Crippen LogP contribution is 2.25. The van der Waals surface area contributed by atoms with E-state index in [1.807, 2.05) is 24.3 Å². The number of ether oxygens (including phenoxy) is 1. The highest BCUT2D eigenvalue weighted by Gasteiger charge is 2.31. The number of benzene rings is 2. The predicted molar refractivity (Wildman–Crippen MR) is 110 cm³/mol. The Morgan fingerprint density at radius 1 is 1.11 bits per heavy atom. The number of piperidine rings is 1. The van der Waals surface area contributed by atoms with Crippen molar-refractivity contribution in [2.24, 2.45) is 5.92 Å². The van der Waals surface area contributed by atoms with Gasteiger partial charge in [0, 0.05) is 30.0 Å². The van der Waals surface area contributed by atoms with Crippen molar-refractivity contribution in [1.82, 2.24) is 9.62 Å². The Balaban J connectivity index is 1.52. The average Bonchev–Trinajstić information content (AvgIpc) is 2.73. The fraction of sp³-hybridized carbons (Fsp3) is 0.350. The molecule has 2 aromatic rings. The van der Waals surface area contributed by atoms with Crippen LogP contribution in [0.5, 0.6) is 5.75 Å². The van der Waals surface area contributed by atoms with Gasteiger partial charge in [-0.05, 0) is 54.8 Å². The zero-order valence-corrected chi connectivity index (χ0v) is 18.0. The largest absolute Gasteiger partial charge is 0.497 e. The molecule has 1 N–H and O–H groups in total. The van der Waals surface area contributed by atoms with E-state index in [-0.39, 0.29) is 16.7 Å². The SMILES string of the molecule is COc1ccc(CNC(=O)C2CCN(S(=O)(=O)c3ccc(Br)cc3)CC2)cc1. The topological polar surface area (TPSA) is 75.7 Å². The molecule has 1 heterocycles. The van der Waals surface area contributed by atoms with Crippen LogP contribution < -0.4 is 10.1 Å². The van der Waals surface area contributed by atoms with Gasteiger partial charge in [0.15, 0.2) is 0 Å². The third-order valence-corrected chi connectivity index (χ3v) is 7.34. The summed E-state index contributed by atoms with van der Waals surface area (Å²) in [5.74, 6) is 0.570. The van der Waals surface area contributed by atoms with Gasteiger partial charge in [0.1, 0.15) is 5.75 Å². The van der Waals surface area contributed by atoms with E-state index in [1.54, 1.807) is 31.4 Å². The van der Waals surface area contributed by atoms with E-state index in [1.165, 1.54) is 4.31 Å². The van der Waals surface area contributed by atoms with Crippen molar-refractivity contribution >= 4 is 31.9 Å². The number of nitrogens with one attached hydrogen (secondary N) is 1. The molecule has 2 aromatic carbocycles. The van der Waals surface area contributed by atoms with Gasteiger partial charge in [-0.25, -0.2) is 8.42 Å². The minimum Gasteiger partial charge on any atom is -0.497 e. The Morgan fingerprint density at radius 2 is 1.71 bits per heavy atom. The summed E-state index contributed by atoms with van der Waals surface area (Å²) in [4.78, 5) is 12.7. The maximum absolute atomic E-state index is 12.7. The number of rotatable bonds is 6. The molecule has 0 radical (unpaired) electrons. The Hall–Kier alpha value is -1.90. The molecule has 1 aliphatic rings. The Bertz CT molecular complexity index is 906. The summed E-state index contributed by atoms with van der Waals surface area (Å²) in [6.07, 6.45) is 1.04. The number of carbonyl (C=O) groups is 1. The number of methoxy groups -OCH3 is 1. The fourth-order valence-electron chi connectivity index (χ4n) is 3.19. The van der Waals surface area contributed by atoms with Crippen molar-refractivity contribution in [2.75, 3.05) is 20.2 Å². The van der Waals surface area contributed by atoms with Crippen LogP contribution in [0.1, 0.15) is 18.4 Å². The average molecular weight is 467 g/mol. The van der Waals surface area contributed by atoms with Crippen molar-refractivity contribution in [3.8, 4) is 5.75 Å². The second-order valence-corrected chi connectivity index (χ2v) is 9.55. The molecule has 1 aliphatic heterocycles. The molecule has 0 unspecified atom stereocenters. The van der Waals surface area contributed by atoms with Crippen molar-refractivity contribution in [3.05, 3.63) is 58.6 Å². The van der Waals surface area contributed by atoms with Gasteiger partial charge in [-0.15, -0.1) is 0 Å². The molecule has 0 bridgehead atoms. The molecule has 6 nitrogen and oxygen atoms in total. The summed E-state index contributed by atoms with van der Waals surface area (Å²) >= 11 is 3.31. The van der Waals surface area contributed by atoms with E-state index >= 15 is 0 Å². The highest BCUT2D eigenvalue weighted by atomic mass is 79.9. The number of amides is 1. The van der Waals surface area contributed by atoms with Gasteiger partial charge >= 0.3 is 0 Å². The summed E-state index contributed by atoms with van der Waals surface area (Å²) in [6.45, 7) is 1.14. The lowest BCUT2D eigenvalue weighted by atomic mass is 9.97. The maximum Gasteiger partial charge on any atom is 0.243 e. The number of hydrogen-bond donors (Lipinski definition) is 1. The molecular weight excluding hydrogens is 444 g/mol. The van der Waals surface area contributed by atoms with Crippen LogP contribution in [-0.2, 0) is 21.4 Å². The standard InChI is InChI=1S/C20H23BrN2O4S/c1-27-18-6-2-15(3-7-18)14-22-20(24)16-10-12-23(13-11-16)28(25,26)19-8-4-17(21)5-9-19/h2-9,16H,10-14H2,1H3,(H,22,24). The van der Waals surface area contributed by atoms with Gasteiger partial charge in [-0.1, -0.05) is 28.1 Å². The molecule has 3 rings (SSSR count). The molecule has 150 valence electrons. The van der Waals surface area contributed by atoms with Crippen LogP contribution in [0.15, 0.2) is 57.9 Å². The molecule has 0 atom stereocenters. The van der Waals surface area contributed by atoms with Gasteiger partial charge in [0.25, 0.3) is 0 Å². The Labute approximate surface area is 174 Å². The van der Waals surface area contributed by atoms with Crippen LogP contribution in [0.4, 0.5) is 0 Å². The van der Waals surface area contributed by atoms with Crippen LogP contribution in [0, 0.1) is 5.92 Å². The van der Waals surface area contributed by atoms with E-state index in [4.69, 9.17) is 4.74 Å². The normalized spacial score (nSPS) is 15.9. The van der Waals surface area contributed by atoms with E-state index in [9.17, 15) is 13.2 Å². The zero-order valence-electron chi connectivity index (χ0n) is 15.6. The molecule has 1 saturated heterocycles. The van der Waals surface area contributed by atoms with Crippen molar-refractivity contribution in [1.29, 1.82) is 0 Å². The quantitative estimate of drug-likeness (QED) is 0.708. The third kappa shape index (κ3) is 4.92. The molecule has 8 heteroatoms. The summed E-state index contributed by atoms with van der Waals surface area (Å²) in [5, 5.41) is 2.94. The molecule has 1 amide bonds. The predicted octanol–water partition coefficient (Wildman–Crippen LogP) is 3.17. The summed E-state index contributed by atoms with van der Waals surface area (Å²) < 4.78 is 32.9. The lowest BCUT2D eigenvalue weighted by Crippen LogP contribution is -2.42. The number of carbonyl (C=O) groups excluding carboxylic acids is 1. The van der Waals surface area contributed by atoms with Gasteiger partial charge in [0.2, 0.25) is 15.9 Å². The second-order valence-electron chi connectivity index (χ2n) is 6.70. The number of halogens is 1. The molecule has 0 saturated carbocycles. The minimum absolute atomic E-state index is 0.0310. The summed E-state index contributed by atoms with van der Waals surface area (Å²) in [6, 6.07) is 14.1. The Kier molecular flexibility index (Phi) is 6.74. The first kappa shape index (κ1) is 20.8. The zero-order chi connectivity index (χ0) is 20.1. The first-order valence-electron chi connectivity index (χ1n) is 9.06. The lowest BCUT2D eigenvalue weighted by Gasteiger charge is -2.30. The van der Waals surface area contributed by atoms with E-state index in [0.29, 0.717) is 32.5 Å². The summed E-state index contributed by atoms with van der Waals surface area (Å²) in [5.41, 5.74) is 0.990. The minimum atomic E-state index is -3.52. The lowest BCUT2D eigenvalue weighted by molar-refractivity contribution is -0.126. The van der Waals surface area contributed by atoms with Crippen LogP contribution in [-0.4, -0.2) is 38.8 Å². The fourth-order valence-corrected chi connectivity index (χ4v) is 4.92. The highest BCUT2D eigenvalue weighted by molar-refractivity contribution is 9.10. The van der Waals surface area contributed by atoms with Crippen molar-refractivity contribution in [3.63, 3.8) is 0 Å². The summed E-state index contributed by atoms with van der Waals surface area (Å²) in [7, 11) is -1.91. The Morgan fingerprint density at radius 3 is 2.29 bits per heavy atom. The van der Waals surface area contributed by atoms with Crippen LogP contribution in [0.25, 0.3) is 0 Å². The number of sulfonamides is 1.